The maximum atomic E-state index is 11.7. The molecule has 0 amide bonds. The van der Waals surface area contributed by atoms with E-state index in [4.69, 9.17) is 0 Å². The van der Waals surface area contributed by atoms with Gasteiger partial charge in [0.25, 0.3) is 0 Å². The van der Waals surface area contributed by atoms with Crippen LogP contribution in [0.15, 0.2) is 79.5 Å². The lowest BCUT2D eigenvalue weighted by Crippen LogP contribution is -2.67. The molecule has 3 aliphatic rings. The second-order valence-corrected chi connectivity index (χ2v) is 8.88. The molecule has 1 aromatic heterocycles. The minimum Gasteiger partial charge on any atom is -0.382 e. The first-order valence-electron chi connectivity index (χ1n) is 10.7. The van der Waals surface area contributed by atoms with Gasteiger partial charge in [-0.25, -0.2) is 0 Å². The van der Waals surface area contributed by atoms with Gasteiger partial charge in [-0.15, -0.1) is 6.58 Å². The Morgan fingerprint density at radius 2 is 1.90 bits per heavy atom. The summed E-state index contributed by atoms with van der Waals surface area (Å²) in [5.41, 5.74) is 3.33. The van der Waals surface area contributed by atoms with Crippen molar-refractivity contribution in [2.45, 2.75) is 31.5 Å². The Labute approximate surface area is 172 Å². The molecule has 1 N–H and O–H groups in total. The van der Waals surface area contributed by atoms with Crippen LogP contribution in [0.1, 0.15) is 30.1 Å². The van der Waals surface area contributed by atoms with Crippen molar-refractivity contribution in [2.75, 3.05) is 13.1 Å². The third-order valence-electron chi connectivity index (χ3n) is 7.38. The van der Waals surface area contributed by atoms with Crippen LogP contribution < -0.4 is 0 Å². The lowest BCUT2D eigenvalue weighted by molar-refractivity contribution is -0.984. The molecular formula is C26H29N2O+. The minimum atomic E-state index is -0.486. The predicted molar refractivity (Wildman–Crippen MR) is 117 cm³/mol. The second kappa shape index (κ2) is 7.40. The van der Waals surface area contributed by atoms with Crippen LogP contribution in [0.2, 0.25) is 0 Å². The first-order valence-corrected chi connectivity index (χ1v) is 10.7. The van der Waals surface area contributed by atoms with Crippen molar-refractivity contribution in [2.24, 2.45) is 11.8 Å². The minimum absolute atomic E-state index is 0.205. The van der Waals surface area contributed by atoms with E-state index in [0.717, 1.165) is 47.0 Å². The number of nitrogens with zero attached hydrogens (tertiary/aromatic N) is 2. The van der Waals surface area contributed by atoms with Crippen molar-refractivity contribution >= 4 is 10.9 Å². The summed E-state index contributed by atoms with van der Waals surface area (Å²) in [5.74, 6) is 1.18. The van der Waals surface area contributed by atoms with Gasteiger partial charge in [0.05, 0.1) is 18.6 Å². The molecule has 4 heterocycles. The Bertz CT molecular complexity index is 1010. The molecule has 0 radical (unpaired) electrons. The van der Waals surface area contributed by atoms with E-state index in [0.29, 0.717) is 11.8 Å². The highest BCUT2D eigenvalue weighted by atomic mass is 16.3. The van der Waals surface area contributed by atoms with Crippen LogP contribution in [0, 0.1) is 11.8 Å². The van der Waals surface area contributed by atoms with Gasteiger partial charge in [-0.2, -0.15) is 0 Å². The predicted octanol–water partition coefficient (Wildman–Crippen LogP) is 4.88. The fraction of sp³-hybridized carbons (Fsp3) is 0.346. The number of quaternary nitrogens is 1. The molecule has 6 rings (SSSR count). The molecule has 3 saturated heterocycles. The van der Waals surface area contributed by atoms with E-state index >= 15 is 0 Å². The number of pyridine rings is 1. The van der Waals surface area contributed by atoms with Gasteiger partial charge in [0.1, 0.15) is 18.7 Å². The van der Waals surface area contributed by atoms with E-state index in [9.17, 15) is 5.11 Å². The Kier molecular flexibility index (Phi) is 4.73. The van der Waals surface area contributed by atoms with E-state index in [1.54, 1.807) is 0 Å². The Hall–Kier alpha value is -2.49. The molecule has 29 heavy (non-hydrogen) atoms. The van der Waals surface area contributed by atoms with Crippen LogP contribution in [0.4, 0.5) is 0 Å². The van der Waals surface area contributed by atoms with E-state index in [2.05, 4.69) is 54.0 Å². The van der Waals surface area contributed by atoms with Gasteiger partial charge < -0.3 is 9.59 Å². The van der Waals surface area contributed by atoms with Crippen LogP contribution in [0.3, 0.4) is 0 Å². The quantitative estimate of drug-likeness (QED) is 0.502. The molecule has 148 valence electrons. The van der Waals surface area contributed by atoms with Gasteiger partial charge >= 0.3 is 0 Å². The molecule has 2 bridgehead atoms. The van der Waals surface area contributed by atoms with Crippen molar-refractivity contribution in [3.05, 3.63) is 90.6 Å². The van der Waals surface area contributed by atoms with Crippen molar-refractivity contribution in [3.63, 3.8) is 0 Å². The Morgan fingerprint density at radius 1 is 1.10 bits per heavy atom. The van der Waals surface area contributed by atoms with Crippen LogP contribution in [-0.4, -0.2) is 33.7 Å². The maximum absolute atomic E-state index is 11.7. The molecular weight excluding hydrogens is 356 g/mol. The van der Waals surface area contributed by atoms with Crippen molar-refractivity contribution in [1.82, 2.24) is 4.98 Å². The van der Waals surface area contributed by atoms with Gasteiger partial charge in [0.15, 0.2) is 0 Å². The molecule has 0 aliphatic carbocycles. The molecule has 5 atom stereocenters. The molecule has 1 unspecified atom stereocenters. The topological polar surface area (TPSA) is 33.1 Å². The van der Waals surface area contributed by atoms with Gasteiger partial charge in [0.2, 0.25) is 0 Å². The molecule has 0 spiro atoms. The SMILES string of the molecule is C=C[C@H]1C[N+]2(Cc3ccccc3)CC[C@H]1C[C@H]2[C@@H](O)c1ccnc2ccccc12. The van der Waals surface area contributed by atoms with Crippen molar-refractivity contribution in [1.29, 1.82) is 0 Å². The molecule has 2 aromatic carbocycles. The fourth-order valence-corrected chi connectivity index (χ4v) is 5.91. The molecule has 3 aliphatic heterocycles. The van der Waals surface area contributed by atoms with Crippen molar-refractivity contribution in [3.8, 4) is 0 Å². The molecule has 3 heteroatoms. The van der Waals surface area contributed by atoms with Gasteiger partial charge in [0, 0.05) is 35.9 Å². The number of hydrogen-bond donors (Lipinski definition) is 1. The summed E-state index contributed by atoms with van der Waals surface area (Å²) >= 11 is 0. The van der Waals surface area contributed by atoms with Gasteiger partial charge in [-0.3, -0.25) is 4.98 Å². The largest absolute Gasteiger partial charge is 0.382 e. The summed E-state index contributed by atoms with van der Waals surface area (Å²) in [4.78, 5) is 4.50. The van der Waals surface area contributed by atoms with Crippen LogP contribution in [-0.2, 0) is 6.54 Å². The van der Waals surface area contributed by atoms with Crippen LogP contribution in [0.25, 0.3) is 10.9 Å². The molecule has 3 nitrogen and oxygen atoms in total. The summed E-state index contributed by atoms with van der Waals surface area (Å²) in [6.45, 7) is 7.32. The first kappa shape index (κ1) is 18.5. The fourth-order valence-electron chi connectivity index (χ4n) is 5.91. The highest BCUT2D eigenvalue weighted by molar-refractivity contribution is 5.82. The van der Waals surface area contributed by atoms with Crippen LogP contribution in [0.5, 0.6) is 0 Å². The number of aromatic nitrogens is 1. The van der Waals surface area contributed by atoms with Gasteiger partial charge in [-0.1, -0.05) is 54.6 Å². The van der Waals surface area contributed by atoms with Gasteiger partial charge in [-0.05, 0) is 23.6 Å². The number of aliphatic hydroxyl groups is 1. The van der Waals surface area contributed by atoms with Crippen molar-refractivity contribution < 1.29 is 9.59 Å². The number of piperidine rings is 3. The number of fused-ring (bicyclic) bond motifs is 4. The summed E-state index contributed by atoms with van der Waals surface area (Å²) in [6, 6.07) is 21.2. The first-order chi connectivity index (χ1) is 14.2. The summed E-state index contributed by atoms with van der Waals surface area (Å²) in [7, 11) is 0. The zero-order valence-electron chi connectivity index (χ0n) is 16.8. The zero-order chi connectivity index (χ0) is 19.8. The standard InChI is InChI=1S/C26H29N2O/c1-2-20-18-28(17-19-8-4-3-5-9-19)15-13-21(20)16-25(28)26(29)23-12-14-27-24-11-7-6-10-22(23)24/h2-12,14,20-21,25-26,29H,1,13,15-18H2/q+1/t20-,21-,25-,26-,28?/m0/s1. The molecule has 0 saturated carbocycles. The Balaban J connectivity index is 1.56. The molecule has 3 fully saturated rings. The number of rotatable bonds is 5. The second-order valence-electron chi connectivity index (χ2n) is 8.88. The summed E-state index contributed by atoms with van der Waals surface area (Å²) < 4.78 is 0.953. The lowest BCUT2D eigenvalue weighted by atomic mass is 9.71. The van der Waals surface area contributed by atoms with E-state index < -0.39 is 6.10 Å². The highest BCUT2D eigenvalue weighted by Crippen LogP contribution is 2.47. The van der Waals surface area contributed by atoms with E-state index in [-0.39, 0.29) is 6.04 Å². The average Bonchev–Trinajstić information content (AvgIpc) is 2.78. The molecule has 3 aromatic rings. The van der Waals surface area contributed by atoms with Crippen LogP contribution >= 0.6 is 0 Å². The number of para-hydroxylation sites is 1. The van der Waals surface area contributed by atoms with E-state index in [1.807, 2.05) is 30.5 Å². The van der Waals surface area contributed by atoms with E-state index in [1.165, 1.54) is 12.0 Å². The Morgan fingerprint density at radius 3 is 2.72 bits per heavy atom. The lowest BCUT2D eigenvalue weighted by Gasteiger charge is -2.58. The highest BCUT2D eigenvalue weighted by Gasteiger charge is 2.53. The summed E-state index contributed by atoms with van der Waals surface area (Å²) in [5, 5.41) is 12.8. The summed E-state index contributed by atoms with van der Waals surface area (Å²) in [6.07, 6.45) is 5.79. The number of hydrogen-bond acceptors (Lipinski definition) is 2. The average molecular weight is 386 g/mol. The number of aliphatic hydroxyl groups excluding tert-OH is 1. The zero-order valence-corrected chi connectivity index (χ0v) is 16.8. The smallest absolute Gasteiger partial charge is 0.131 e. The third kappa shape index (κ3) is 3.19. The number of benzene rings is 2. The maximum Gasteiger partial charge on any atom is 0.131 e. The normalized spacial score (nSPS) is 29.6. The monoisotopic (exact) mass is 385 g/mol. The third-order valence-corrected chi connectivity index (χ3v) is 7.38.